The maximum absolute atomic E-state index is 12.0. The smallest absolute Gasteiger partial charge is 0.331 e. The van der Waals surface area contributed by atoms with E-state index in [1.165, 1.54) is 23.5 Å². The fourth-order valence-corrected chi connectivity index (χ4v) is 2.66. The number of Topliss-reactive ketones (excluding diaryl/α,β-unsaturated/α-hetero) is 1. The largest absolute Gasteiger partial charge is 0.464 e. The topological polar surface area (TPSA) is 55.7 Å². The molecule has 0 aromatic heterocycles. The standard InChI is InChI=1S/C13H23NO3S2/c1-6-10(15)8-9(3)11(12(16)17-7-2)14-13(18-4)19-5/h9,11H,6-8H2,1-5H3/t9-,11+/m1/s1. The maximum Gasteiger partial charge on any atom is 0.331 e. The van der Waals surface area contributed by atoms with E-state index in [1.54, 1.807) is 6.92 Å². The number of rotatable bonds is 7. The minimum absolute atomic E-state index is 0.138. The van der Waals surface area contributed by atoms with Crippen molar-refractivity contribution in [1.82, 2.24) is 0 Å². The number of aliphatic imine (C=N–C) groups is 1. The van der Waals surface area contributed by atoms with E-state index in [-0.39, 0.29) is 17.7 Å². The third-order valence-electron chi connectivity index (χ3n) is 2.60. The van der Waals surface area contributed by atoms with Crippen LogP contribution >= 0.6 is 23.5 Å². The quantitative estimate of drug-likeness (QED) is 0.411. The molecule has 0 aliphatic heterocycles. The average Bonchev–Trinajstić information content (AvgIpc) is 2.39. The van der Waals surface area contributed by atoms with Crippen LogP contribution in [0.2, 0.25) is 0 Å². The molecule has 0 radical (unpaired) electrons. The molecule has 0 N–H and O–H groups in total. The number of carbonyl (C=O) groups is 2. The van der Waals surface area contributed by atoms with E-state index < -0.39 is 6.04 Å². The number of ether oxygens (including phenoxy) is 1. The lowest BCUT2D eigenvalue weighted by molar-refractivity contribution is -0.145. The number of thioether (sulfide) groups is 2. The summed E-state index contributed by atoms with van der Waals surface area (Å²) in [4.78, 5) is 27.9. The first-order valence-corrected chi connectivity index (χ1v) is 8.79. The minimum atomic E-state index is -0.592. The van der Waals surface area contributed by atoms with Crippen LogP contribution in [0.4, 0.5) is 0 Å². The molecule has 0 aromatic rings. The van der Waals surface area contributed by atoms with Crippen LogP contribution in [0, 0.1) is 5.92 Å². The number of hydrogen-bond donors (Lipinski definition) is 0. The lowest BCUT2D eigenvalue weighted by Crippen LogP contribution is -2.30. The molecule has 0 aliphatic carbocycles. The Morgan fingerprint density at radius 2 is 1.79 bits per heavy atom. The summed E-state index contributed by atoms with van der Waals surface area (Å²) in [5, 5.41) is 0. The van der Waals surface area contributed by atoms with E-state index in [0.717, 1.165) is 4.38 Å². The number of ketones is 1. The molecule has 0 saturated carbocycles. The van der Waals surface area contributed by atoms with E-state index in [9.17, 15) is 9.59 Å². The van der Waals surface area contributed by atoms with Crippen LogP contribution in [0.1, 0.15) is 33.6 Å². The third kappa shape index (κ3) is 7.01. The minimum Gasteiger partial charge on any atom is -0.464 e. The second-order valence-electron chi connectivity index (χ2n) is 4.07. The first-order valence-electron chi connectivity index (χ1n) is 6.34. The Balaban J connectivity index is 4.99. The van der Waals surface area contributed by atoms with Crippen molar-refractivity contribution in [3.63, 3.8) is 0 Å². The van der Waals surface area contributed by atoms with Gasteiger partial charge in [0.15, 0.2) is 6.04 Å². The lowest BCUT2D eigenvalue weighted by Gasteiger charge is -2.19. The van der Waals surface area contributed by atoms with Crippen molar-refractivity contribution in [2.45, 2.75) is 39.7 Å². The van der Waals surface area contributed by atoms with Gasteiger partial charge in [0.2, 0.25) is 0 Å². The molecular weight excluding hydrogens is 282 g/mol. The molecule has 110 valence electrons. The first-order chi connectivity index (χ1) is 8.99. The van der Waals surface area contributed by atoms with Gasteiger partial charge in [0.1, 0.15) is 10.2 Å². The Hall–Kier alpha value is -0.490. The summed E-state index contributed by atoms with van der Waals surface area (Å²) in [7, 11) is 0. The molecule has 0 saturated heterocycles. The molecule has 0 aliphatic rings. The van der Waals surface area contributed by atoms with Crippen molar-refractivity contribution >= 4 is 39.7 Å². The van der Waals surface area contributed by atoms with Gasteiger partial charge in [-0.25, -0.2) is 4.79 Å². The Morgan fingerprint density at radius 1 is 1.21 bits per heavy atom. The highest BCUT2D eigenvalue weighted by Gasteiger charge is 2.27. The summed E-state index contributed by atoms with van der Waals surface area (Å²) < 4.78 is 5.88. The molecule has 0 amide bonds. The van der Waals surface area contributed by atoms with E-state index >= 15 is 0 Å². The Labute approximate surface area is 124 Å². The molecule has 0 fully saturated rings. The molecule has 2 atom stereocenters. The monoisotopic (exact) mass is 305 g/mol. The van der Waals surface area contributed by atoms with Gasteiger partial charge in [-0.2, -0.15) is 0 Å². The van der Waals surface area contributed by atoms with Crippen molar-refractivity contribution in [1.29, 1.82) is 0 Å². The van der Waals surface area contributed by atoms with Gasteiger partial charge in [-0.3, -0.25) is 9.79 Å². The first kappa shape index (κ1) is 18.5. The van der Waals surface area contributed by atoms with Gasteiger partial charge in [0, 0.05) is 12.8 Å². The van der Waals surface area contributed by atoms with Gasteiger partial charge >= 0.3 is 5.97 Å². The highest BCUT2D eigenvalue weighted by atomic mass is 32.2. The zero-order chi connectivity index (χ0) is 14.8. The summed E-state index contributed by atoms with van der Waals surface area (Å²) in [6, 6.07) is -0.592. The number of esters is 1. The van der Waals surface area contributed by atoms with Crippen LogP contribution in [0.3, 0.4) is 0 Å². The highest BCUT2D eigenvalue weighted by molar-refractivity contribution is 8.38. The van der Waals surface area contributed by atoms with E-state index in [4.69, 9.17) is 4.74 Å². The van der Waals surface area contributed by atoms with Crippen molar-refractivity contribution in [3.8, 4) is 0 Å². The summed E-state index contributed by atoms with van der Waals surface area (Å²) >= 11 is 2.99. The zero-order valence-corrected chi connectivity index (χ0v) is 13.9. The maximum atomic E-state index is 12.0. The fourth-order valence-electron chi connectivity index (χ4n) is 1.56. The third-order valence-corrected chi connectivity index (χ3v) is 4.51. The van der Waals surface area contributed by atoms with Crippen LogP contribution in [0.5, 0.6) is 0 Å². The molecule has 4 nitrogen and oxygen atoms in total. The molecule has 6 heteroatoms. The Bertz CT molecular complexity index is 326. The molecule has 0 bridgehead atoms. The second-order valence-corrected chi connectivity index (χ2v) is 5.92. The van der Waals surface area contributed by atoms with Crippen molar-refractivity contribution in [3.05, 3.63) is 0 Å². The van der Waals surface area contributed by atoms with Gasteiger partial charge in [-0.1, -0.05) is 13.8 Å². The van der Waals surface area contributed by atoms with Crippen LogP contribution in [-0.2, 0) is 14.3 Å². The predicted octanol–water partition coefficient (Wildman–Crippen LogP) is 3.01. The van der Waals surface area contributed by atoms with Crippen LogP contribution in [0.25, 0.3) is 0 Å². The van der Waals surface area contributed by atoms with Crippen molar-refractivity contribution in [2.75, 3.05) is 19.1 Å². The zero-order valence-electron chi connectivity index (χ0n) is 12.3. The summed E-state index contributed by atoms with van der Waals surface area (Å²) in [5.74, 6) is -0.341. The van der Waals surface area contributed by atoms with E-state index in [1.807, 2.05) is 26.4 Å². The number of nitrogens with zero attached hydrogens (tertiary/aromatic N) is 1. The molecule has 0 spiro atoms. The van der Waals surface area contributed by atoms with E-state index in [2.05, 4.69) is 4.99 Å². The van der Waals surface area contributed by atoms with Crippen LogP contribution in [0.15, 0.2) is 4.99 Å². The van der Waals surface area contributed by atoms with Crippen molar-refractivity contribution in [2.24, 2.45) is 10.9 Å². The summed E-state index contributed by atoms with van der Waals surface area (Å²) in [6.07, 6.45) is 4.68. The average molecular weight is 305 g/mol. The predicted molar refractivity (Wildman–Crippen MR) is 84.0 cm³/mol. The SMILES string of the molecule is CCOC(=O)[C@@H](N=C(SC)SC)[C@H](C)CC(=O)CC. The molecule has 0 heterocycles. The van der Waals surface area contributed by atoms with Gasteiger partial charge in [0.25, 0.3) is 0 Å². The normalized spacial score (nSPS) is 13.5. The van der Waals surface area contributed by atoms with Gasteiger partial charge in [-0.15, -0.1) is 23.5 Å². The second kappa shape index (κ2) is 10.3. The molecule has 19 heavy (non-hydrogen) atoms. The molecule has 0 rings (SSSR count). The van der Waals surface area contributed by atoms with E-state index in [0.29, 0.717) is 19.4 Å². The Morgan fingerprint density at radius 3 is 2.21 bits per heavy atom. The van der Waals surface area contributed by atoms with Crippen LogP contribution in [-0.4, -0.2) is 41.3 Å². The molecule has 0 aromatic carbocycles. The van der Waals surface area contributed by atoms with Gasteiger partial charge in [-0.05, 0) is 25.4 Å². The Kier molecular flexibility index (Phi) is 10.0. The fraction of sp³-hybridized carbons (Fsp3) is 0.769. The summed E-state index contributed by atoms with van der Waals surface area (Å²) in [5.41, 5.74) is 0. The highest BCUT2D eigenvalue weighted by Crippen LogP contribution is 2.20. The summed E-state index contributed by atoms with van der Waals surface area (Å²) in [6.45, 7) is 5.79. The number of carbonyl (C=O) groups excluding carboxylic acids is 2. The van der Waals surface area contributed by atoms with Crippen LogP contribution < -0.4 is 0 Å². The van der Waals surface area contributed by atoms with Gasteiger partial charge < -0.3 is 4.74 Å². The molecular formula is C13H23NO3S2. The lowest BCUT2D eigenvalue weighted by atomic mass is 9.95. The van der Waals surface area contributed by atoms with Gasteiger partial charge in [0.05, 0.1) is 6.61 Å². The number of hydrogen-bond acceptors (Lipinski definition) is 6. The van der Waals surface area contributed by atoms with Crippen molar-refractivity contribution < 1.29 is 14.3 Å². The molecule has 0 unspecified atom stereocenters.